The molecule has 10 heavy (non-hydrogen) atoms. The molecule has 1 heterocycles. The molecule has 2 N–H and O–H groups in total. The van der Waals surface area contributed by atoms with Gasteiger partial charge in [0.15, 0.2) is 0 Å². The third kappa shape index (κ3) is 1.40. The Kier molecular flexibility index (Phi) is 2.14. The molecule has 0 bridgehead atoms. The van der Waals surface area contributed by atoms with Crippen molar-refractivity contribution in [2.45, 2.75) is 32.2 Å². The average Bonchev–Trinajstić information content (AvgIpc) is 1.88. The second-order valence-corrected chi connectivity index (χ2v) is 2.88. The number of nitrogens with zero attached hydrogens (tertiary/aromatic N) is 1. The van der Waals surface area contributed by atoms with Crippen LogP contribution in [0.4, 0.5) is 4.79 Å². The number of amides is 2. The molecule has 1 aliphatic rings. The molecule has 1 aliphatic heterocycles. The van der Waals surface area contributed by atoms with Gasteiger partial charge in [0.05, 0.1) is 0 Å². The number of likely N-dealkylation sites (tertiary alicyclic amines) is 1. The number of primary amides is 1. The van der Waals surface area contributed by atoms with Crippen LogP contribution in [-0.2, 0) is 0 Å². The maximum atomic E-state index is 10.7. The summed E-state index contributed by atoms with van der Waals surface area (Å²) in [6, 6.07) is 0.0819. The molecule has 1 saturated heterocycles. The van der Waals surface area contributed by atoms with Crippen LogP contribution in [0.15, 0.2) is 0 Å². The Morgan fingerprint density at radius 2 is 2.30 bits per heavy atom. The number of urea groups is 1. The monoisotopic (exact) mass is 142 g/mol. The Balaban J connectivity index is 2.47. The van der Waals surface area contributed by atoms with Crippen LogP contribution in [0.25, 0.3) is 0 Å². The second kappa shape index (κ2) is 2.90. The van der Waals surface area contributed by atoms with Crippen LogP contribution in [0.5, 0.6) is 0 Å². The van der Waals surface area contributed by atoms with Gasteiger partial charge in [0.1, 0.15) is 0 Å². The van der Waals surface area contributed by atoms with E-state index in [0.29, 0.717) is 6.04 Å². The fourth-order valence-corrected chi connectivity index (χ4v) is 1.43. The molecule has 0 radical (unpaired) electrons. The van der Waals surface area contributed by atoms with Gasteiger partial charge in [-0.1, -0.05) is 0 Å². The molecule has 58 valence electrons. The van der Waals surface area contributed by atoms with Gasteiger partial charge in [0.2, 0.25) is 0 Å². The Morgan fingerprint density at radius 1 is 1.60 bits per heavy atom. The number of hydrogen-bond donors (Lipinski definition) is 1. The number of rotatable bonds is 0. The fraction of sp³-hybridized carbons (Fsp3) is 0.857. The summed E-state index contributed by atoms with van der Waals surface area (Å²) in [5.41, 5.74) is 5.14. The first-order chi connectivity index (χ1) is 4.72. The first-order valence-corrected chi connectivity index (χ1v) is 3.78. The molecule has 1 atom stereocenters. The minimum atomic E-state index is -0.271. The van der Waals surface area contributed by atoms with Gasteiger partial charge < -0.3 is 10.6 Å². The van der Waals surface area contributed by atoms with E-state index in [0.717, 1.165) is 19.4 Å². The number of piperidine rings is 1. The van der Waals surface area contributed by atoms with Crippen molar-refractivity contribution in [3.8, 4) is 0 Å². The molecule has 2 amide bonds. The van der Waals surface area contributed by atoms with Crippen LogP contribution in [-0.4, -0.2) is 23.5 Å². The number of carbonyl (C=O) groups is 1. The van der Waals surface area contributed by atoms with E-state index in [4.69, 9.17) is 5.73 Å². The summed E-state index contributed by atoms with van der Waals surface area (Å²) in [6.45, 7) is 2.89. The van der Waals surface area contributed by atoms with Crippen LogP contribution in [0.2, 0.25) is 0 Å². The zero-order valence-electron chi connectivity index (χ0n) is 6.34. The smallest absolute Gasteiger partial charge is 0.315 e. The summed E-state index contributed by atoms with van der Waals surface area (Å²) in [7, 11) is 0. The quantitative estimate of drug-likeness (QED) is 0.537. The normalized spacial score (nSPS) is 26.5. The highest BCUT2D eigenvalue weighted by atomic mass is 16.2. The minimum absolute atomic E-state index is 0.271. The van der Waals surface area contributed by atoms with Crippen molar-refractivity contribution >= 4 is 6.03 Å². The fourth-order valence-electron chi connectivity index (χ4n) is 1.43. The lowest BCUT2D eigenvalue weighted by Gasteiger charge is -2.31. The highest BCUT2D eigenvalue weighted by Crippen LogP contribution is 2.15. The first kappa shape index (κ1) is 7.38. The van der Waals surface area contributed by atoms with Crippen molar-refractivity contribution in [2.24, 2.45) is 5.73 Å². The maximum absolute atomic E-state index is 10.7. The molecule has 0 spiro atoms. The van der Waals surface area contributed by atoms with Crippen LogP contribution in [0, 0.1) is 0 Å². The van der Waals surface area contributed by atoms with Crippen molar-refractivity contribution in [3.63, 3.8) is 0 Å². The third-order valence-corrected chi connectivity index (χ3v) is 2.09. The van der Waals surface area contributed by atoms with Crippen LogP contribution in [0.1, 0.15) is 26.2 Å². The van der Waals surface area contributed by atoms with E-state index in [-0.39, 0.29) is 6.03 Å². The van der Waals surface area contributed by atoms with Crippen LogP contribution < -0.4 is 5.73 Å². The molecular formula is C7H14N2O. The molecule has 1 rings (SSSR count). The number of carbonyl (C=O) groups excluding carboxylic acids is 1. The topological polar surface area (TPSA) is 46.3 Å². The standard InChI is InChI=1S/C7H14N2O/c1-6-4-2-3-5-9(6)7(8)10/h6H,2-5H2,1H3,(H2,8,10)/t6-/m0/s1. The van der Waals surface area contributed by atoms with Crippen molar-refractivity contribution in [1.82, 2.24) is 4.90 Å². The van der Waals surface area contributed by atoms with Gasteiger partial charge in [0, 0.05) is 12.6 Å². The van der Waals surface area contributed by atoms with E-state index in [1.165, 1.54) is 6.42 Å². The summed E-state index contributed by atoms with van der Waals surface area (Å²) in [5, 5.41) is 0. The van der Waals surface area contributed by atoms with E-state index in [1.54, 1.807) is 4.90 Å². The van der Waals surface area contributed by atoms with E-state index < -0.39 is 0 Å². The van der Waals surface area contributed by atoms with Crippen molar-refractivity contribution < 1.29 is 4.79 Å². The van der Waals surface area contributed by atoms with Crippen molar-refractivity contribution in [1.29, 1.82) is 0 Å². The predicted molar refractivity (Wildman–Crippen MR) is 39.6 cm³/mol. The molecule has 3 nitrogen and oxygen atoms in total. The largest absolute Gasteiger partial charge is 0.351 e. The first-order valence-electron chi connectivity index (χ1n) is 3.78. The highest BCUT2D eigenvalue weighted by Gasteiger charge is 2.20. The Bertz CT molecular complexity index is 136. The average molecular weight is 142 g/mol. The summed E-state index contributed by atoms with van der Waals surface area (Å²) >= 11 is 0. The van der Waals surface area contributed by atoms with Gasteiger partial charge in [-0.15, -0.1) is 0 Å². The van der Waals surface area contributed by atoms with Gasteiger partial charge in [-0.05, 0) is 26.2 Å². The molecule has 0 unspecified atom stereocenters. The zero-order chi connectivity index (χ0) is 7.56. The molecule has 0 saturated carbocycles. The molecule has 0 aromatic carbocycles. The zero-order valence-corrected chi connectivity index (χ0v) is 6.34. The van der Waals surface area contributed by atoms with Gasteiger partial charge in [0.25, 0.3) is 0 Å². The summed E-state index contributed by atoms with van der Waals surface area (Å²) in [6.07, 6.45) is 3.43. The second-order valence-electron chi connectivity index (χ2n) is 2.88. The van der Waals surface area contributed by atoms with E-state index in [9.17, 15) is 4.79 Å². The summed E-state index contributed by atoms with van der Waals surface area (Å²) in [5.74, 6) is 0. The molecular weight excluding hydrogens is 128 g/mol. The van der Waals surface area contributed by atoms with Gasteiger partial charge in [-0.25, -0.2) is 4.79 Å². The lowest BCUT2D eigenvalue weighted by Crippen LogP contribution is -2.44. The van der Waals surface area contributed by atoms with Gasteiger partial charge >= 0.3 is 6.03 Å². The lowest BCUT2D eigenvalue weighted by atomic mass is 10.0. The third-order valence-electron chi connectivity index (χ3n) is 2.09. The lowest BCUT2D eigenvalue weighted by molar-refractivity contribution is 0.167. The Morgan fingerprint density at radius 3 is 2.70 bits per heavy atom. The SMILES string of the molecule is C[C@H]1CCCCN1C(N)=O. The predicted octanol–water partition coefficient (Wildman–Crippen LogP) is 0.940. The summed E-state index contributed by atoms with van der Waals surface area (Å²) in [4.78, 5) is 12.5. The van der Waals surface area contributed by atoms with E-state index >= 15 is 0 Å². The van der Waals surface area contributed by atoms with Crippen molar-refractivity contribution in [3.05, 3.63) is 0 Å². The highest BCUT2D eigenvalue weighted by molar-refractivity contribution is 5.72. The van der Waals surface area contributed by atoms with Crippen LogP contribution in [0.3, 0.4) is 0 Å². The molecule has 0 aromatic rings. The van der Waals surface area contributed by atoms with Crippen LogP contribution >= 0.6 is 0 Å². The van der Waals surface area contributed by atoms with E-state index in [2.05, 4.69) is 0 Å². The van der Waals surface area contributed by atoms with Crippen molar-refractivity contribution in [2.75, 3.05) is 6.54 Å². The molecule has 1 fully saturated rings. The number of nitrogens with two attached hydrogens (primary N) is 1. The molecule has 0 aliphatic carbocycles. The minimum Gasteiger partial charge on any atom is -0.351 e. The Labute approximate surface area is 61.2 Å². The number of hydrogen-bond acceptors (Lipinski definition) is 1. The Hall–Kier alpha value is -0.730. The molecule has 0 aromatic heterocycles. The summed E-state index contributed by atoms with van der Waals surface area (Å²) < 4.78 is 0. The van der Waals surface area contributed by atoms with Gasteiger partial charge in [-0.3, -0.25) is 0 Å². The van der Waals surface area contributed by atoms with Gasteiger partial charge in [-0.2, -0.15) is 0 Å². The maximum Gasteiger partial charge on any atom is 0.315 e. The molecule has 3 heteroatoms. The van der Waals surface area contributed by atoms with E-state index in [1.807, 2.05) is 6.92 Å².